The van der Waals surface area contributed by atoms with Gasteiger partial charge in [0.15, 0.2) is 29.1 Å². The van der Waals surface area contributed by atoms with Crippen molar-refractivity contribution in [3.05, 3.63) is 12.7 Å². The molecule has 2 saturated heterocycles. The number of aliphatic hydroxyl groups excluding tert-OH is 4. The van der Waals surface area contributed by atoms with E-state index in [0.29, 0.717) is 12.2 Å². The average molecular weight is 1150 g/mol. The van der Waals surface area contributed by atoms with Gasteiger partial charge in [0.05, 0.1) is 37.9 Å². The molecule has 2 aliphatic heterocycles. The second-order valence-corrected chi connectivity index (χ2v) is 24.6. The maximum Gasteiger partial charge on any atom is 0.481 e. The quantitative estimate of drug-likeness (QED) is 0.0349. The third kappa shape index (κ3) is 22.6. The molecular weight excluding hydrogens is 1080 g/mol. The maximum absolute atomic E-state index is 12.8. The summed E-state index contributed by atoms with van der Waals surface area (Å²) in [5.41, 5.74) is 4.27. The van der Waals surface area contributed by atoms with Crippen LogP contribution >= 0.6 is 35.2 Å². The van der Waals surface area contributed by atoms with Gasteiger partial charge in [0.2, 0.25) is 11.8 Å². The smallest absolute Gasteiger partial charge is 0.390 e. The van der Waals surface area contributed by atoms with Crippen LogP contribution in [0.25, 0.3) is 11.2 Å². The molecule has 0 aromatic carbocycles. The van der Waals surface area contributed by atoms with Crippen molar-refractivity contribution in [2.24, 2.45) is 5.41 Å². The number of phosphoric ester groups is 3. The van der Waals surface area contributed by atoms with Crippen molar-refractivity contribution in [3.63, 3.8) is 0 Å². The Balaban J connectivity index is 1.01. The lowest BCUT2D eigenvalue weighted by Gasteiger charge is -2.36. The number of amides is 2. The Morgan fingerprint density at radius 2 is 1.49 bits per heavy atom. The van der Waals surface area contributed by atoms with Crippen LogP contribution in [0.15, 0.2) is 12.7 Å². The molecule has 75 heavy (non-hydrogen) atoms. The van der Waals surface area contributed by atoms with E-state index in [0.717, 1.165) is 80.4 Å². The number of carbonyl (C=O) groups excluding carboxylic acids is 3. The number of ether oxygens (including phenoxy) is 3. The van der Waals surface area contributed by atoms with Crippen LogP contribution in [0.1, 0.15) is 130 Å². The van der Waals surface area contributed by atoms with Gasteiger partial charge in [-0.3, -0.25) is 32.5 Å². The lowest BCUT2D eigenvalue weighted by atomic mass is 9.87. The number of nitrogen functional groups attached to an aromatic ring is 1. The molecule has 2 fully saturated rings. The van der Waals surface area contributed by atoms with Gasteiger partial charge in [-0.05, 0) is 26.7 Å². The Kier molecular flexibility index (Phi) is 26.6. The number of nitrogens with zero attached hydrogens (tertiary/aromatic N) is 4. The predicted molar refractivity (Wildman–Crippen MR) is 269 cm³/mol. The molecule has 0 spiro atoms. The van der Waals surface area contributed by atoms with Crippen LogP contribution in [0.2, 0.25) is 0 Å². The van der Waals surface area contributed by atoms with E-state index in [1.807, 2.05) is 6.92 Å². The molecule has 28 nitrogen and oxygen atoms in total. The minimum absolute atomic E-state index is 0.0276. The number of rotatable bonds is 35. The Labute approximate surface area is 439 Å². The molecule has 430 valence electrons. The molecule has 2 amide bonds. The molecule has 0 bridgehead atoms. The fraction of sp³-hybridized carbons (Fsp3) is 0.814. The van der Waals surface area contributed by atoms with E-state index in [2.05, 4.69) is 34.4 Å². The topological polar surface area (TPSA) is 423 Å². The number of phosphoric acid groups is 3. The minimum Gasteiger partial charge on any atom is -0.390 e. The summed E-state index contributed by atoms with van der Waals surface area (Å²) < 4.78 is 74.0. The summed E-state index contributed by atoms with van der Waals surface area (Å²) in [4.78, 5) is 88.6. The summed E-state index contributed by atoms with van der Waals surface area (Å²) >= 11 is 1.13. The highest BCUT2D eigenvalue weighted by Gasteiger charge is 2.50. The fourth-order valence-corrected chi connectivity index (χ4v) is 11.6. The van der Waals surface area contributed by atoms with Gasteiger partial charge < -0.3 is 70.6 Å². The van der Waals surface area contributed by atoms with Gasteiger partial charge in [-0.1, -0.05) is 89.8 Å². The lowest BCUT2D eigenvalue weighted by Crippen LogP contribution is -2.48. The first kappa shape index (κ1) is 64.9. The largest absolute Gasteiger partial charge is 0.481 e. The first-order chi connectivity index (χ1) is 35.2. The van der Waals surface area contributed by atoms with Crippen LogP contribution in [-0.4, -0.2) is 164 Å². The zero-order valence-electron chi connectivity index (χ0n) is 42.6. The summed E-state index contributed by atoms with van der Waals surface area (Å²) in [6, 6.07) is 0. The highest BCUT2D eigenvalue weighted by atomic mass is 32.2. The number of thioether (sulfide) groups is 1. The van der Waals surface area contributed by atoms with E-state index in [1.54, 1.807) is 6.92 Å². The second kappa shape index (κ2) is 30.7. The minimum atomic E-state index is -5.59. The van der Waals surface area contributed by atoms with E-state index in [9.17, 15) is 68.1 Å². The number of nitrogens with two attached hydrogens (primary N) is 1. The summed E-state index contributed by atoms with van der Waals surface area (Å²) in [6.07, 6.45) is 4.05. The van der Waals surface area contributed by atoms with E-state index >= 15 is 0 Å². The third-order valence-electron chi connectivity index (χ3n) is 12.3. The fourth-order valence-electron chi connectivity index (χ4n) is 8.02. The molecule has 2 aromatic rings. The van der Waals surface area contributed by atoms with Crippen molar-refractivity contribution < 1.29 is 100 Å². The standard InChI is InChI=1S/C43H76N7O21P3S/c1-27(67-42-30(52)22-29(51)28(2)68-42)16-14-12-10-8-6-5-7-9-11-13-15-17-33(54)75-21-20-45-32(53)18-19-46-40(57)37(56)43(3,4)24-66-74(63,64)71-73(61,62)65-23-31-36(70-72(58,59)60)35(55)41(69-31)50-26-49-34-38(44)47-25-48-39(34)50/h25-31,35-37,41-42,51-52,55-56H,5-24H2,1-4H3,(H,45,53)(H,46,57)(H,61,62)(H,63,64)(H2,44,47,48)(H2,58,59,60)/t27?,28?,29?,30?,31-,35-,36-,37+,41-,42?/m1/s1. The first-order valence-corrected chi connectivity index (χ1v) is 30.4. The highest BCUT2D eigenvalue weighted by Crippen LogP contribution is 2.61. The average Bonchev–Trinajstić information content (AvgIpc) is 3.89. The van der Waals surface area contributed by atoms with Crippen molar-refractivity contribution in [2.45, 2.75) is 185 Å². The van der Waals surface area contributed by atoms with Crippen molar-refractivity contribution >= 4 is 69.1 Å². The van der Waals surface area contributed by atoms with E-state index in [4.69, 9.17) is 29.0 Å². The SMILES string of the molecule is CC(CCCCCCCCCCCCCC(=O)SCCNC(=O)CCNC(=O)[C@H](O)C(C)(C)COP(=O)(O)OP(=O)(O)OC[C@H]1O[C@@H](n2cnc3c(N)ncnc32)[C@H](O)[C@@H]1OP(=O)(O)O)OC1OC(C)C(O)CC1O. The molecule has 2 aromatic heterocycles. The van der Waals surface area contributed by atoms with Crippen LogP contribution in [0.5, 0.6) is 0 Å². The highest BCUT2D eigenvalue weighted by molar-refractivity contribution is 8.13. The molecule has 2 aliphatic rings. The lowest BCUT2D eigenvalue weighted by molar-refractivity contribution is -0.273. The number of anilines is 1. The third-order valence-corrected chi connectivity index (χ3v) is 16.3. The molecular formula is C43H76N7O21P3S. The molecule has 0 saturated carbocycles. The summed E-state index contributed by atoms with van der Waals surface area (Å²) in [5.74, 6) is -1.09. The number of aromatic nitrogens is 4. The van der Waals surface area contributed by atoms with Crippen LogP contribution in [-0.2, 0) is 60.2 Å². The van der Waals surface area contributed by atoms with Gasteiger partial charge in [-0.2, -0.15) is 4.31 Å². The Bertz CT molecular complexity index is 2270. The van der Waals surface area contributed by atoms with Crippen molar-refractivity contribution in [1.29, 1.82) is 0 Å². The number of nitrogens with one attached hydrogen (secondary N) is 2. The monoisotopic (exact) mass is 1150 g/mol. The molecule has 0 radical (unpaired) electrons. The van der Waals surface area contributed by atoms with Gasteiger partial charge >= 0.3 is 23.5 Å². The van der Waals surface area contributed by atoms with Crippen molar-refractivity contribution in [2.75, 3.05) is 37.8 Å². The number of hydrogen-bond donors (Lipinski definition) is 11. The Hall–Kier alpha value is -2.60. The van der Waals surface area contributed by atoms with Crippen molar-refractivity contribution in [3.8, 4) is 0 Å². The molecule has 12 atom stereocenters. The number of aliphatic hydroxyl groups is 4. The van der Waals surface area contributed by atoms with Gasteiger partial charge in [-0.15, -0.1) is 0 Å². The predicted octanol–water partition coefficient (Wildman–Crippen LogP) is 3.00. The van der Waals surface area contributed by atoms with Crippen LogP contribution in [0.3, 0.4) is 0 Å². The summed E-state index contributed by atoms with van der Waals surface area (Å²) in [6.45, 7) is 4.25. The number of hydrogen-bond acceptors (Lipinski definition) is 22. The van der Waals surface area contributed by atoms with Crippen LogP contribution in [0.4, 0.5) is 5.82 Å². The van der Waals surface area contributed by atoms with Crippen LogP contribution in [0, 0.1) is 5.41 Å². The first-order valence-electron chi connectivity index (χ1n) is 24.9. The second-order valence-electron chi connectivity index (χ2n) is 19.2. The van der Waals surface area contributed by atoms with Crippen LogP contribution < -0.4 is 16.4 Å². The van der Waals surface area contributed by atoms with E-state index in [1.165, 1.54) is 39.5 Å². The molecule has 12 N–H and O–H groups in total. The summed E-state index contributed by atoms with van der Waals surface area (Å²) in [5, 5.41) is 46.6. The van der Waals surface area contributed by atoms with E-state index < -0.39 is 103 Å². The normalized spacial score (nSPS) is 24.9. The van der Waals surface area contributed by atoms with Gasteiger partial charge in [-0.25, -0.2) is 28.6 Å². The molecule has 4 rings (SSSR count). The summed E-state index contributed by atoms with van der Waals surface area (Å²) in [7, 11) is -16.4. The molecule has 4 heterocycles. The molecule has 7 unspecified atom stereocenters. The number of fused-ring (bicyclic) bond motifs is 1. The Morgan fingerprint density at radius 1 is 0.867 bits per heavy atom. The zero-order valence-corrected chi connectivity index (χ0v) is 46.1. The van der Waals surface area contributed by atoms with Gasteiger partial charge in [0.25, 0.3) is 0 Å². The van der Waals surface area contributed by atoms with E-state index in [-0.39, 0.29) is 60.2 Å². The maximum atomic E-state index is 12.8. The molecule has 32 heteroatoms. The Morgan fingerprint density at radius 3 is 2.15 bits per heavy atom. The molecule has 0 aliphatic carbocycles. The number of imidazole rings is 1. The number of carbonyl (C=O) groups is 3. The zero-order chi connectivity index (χ0) is 55.6. The number of unbranched alkanes of at least 4 members (excludes halogenated alkanes) is 10. The van der Waals surface area contributed by atoms with Gasteiger partial charge in [0.1, 0.15) is 42.4 Å². The van der Waals surface area contributed by atoms with Gasteiger partial charge in [0, 0.05) is 43.5 Å². The van der Waals surface area contributed by atoms with Crippen molar-refractivity contribution in [1.82, 2.24) is 30.2 Å².